The lowest BCUT2D eigenvalue weighted by molar-refractivity contribution is -0.149. The second-order valence-electron chi connectivity index (χ2n) is 14.6. The number of rotatable bonds is 16. The molecule has 0 fully saturated rings. The van der Waals surface area contributed by atoms with Crippen molar-refractivity contribution in [1.82, 2.24) is 9.38 Å². The number of phenols is 2. The van der Waals surface area contributed by atoms with Gasteiger partial charge in [0.1, 0.15) is 45.5 Å². The zero-order valence-electron chi connectivity index (χ0n) is 34.4. The topological polar surface area (TPSA) is 198 Å². The summed E-state index contributed by atoms with van der Waals surface area (Å²) in [4.78, 5) is 44.3. The number of nitrogens with one attached hydrogen (secondary N) is 1. The van der Waals surface area contributed by atoms with Crippen LogP contribution in [0.25, 0.3) is 27.5 Å². The number of nitrogens with zero attached hydrogens (tertiary/aromatic N) is 2. The van der Waals surface area contributed by atoms with E-state index in [0.29, 0.717) is 5.65 Å². The van der Waals surface area contributed by atoms with E-state index >= 15 is 0 Å². The van der Waals surface area contributed by atoms with Crippen LogP contribution >= 0.6 is 0 Å². The molecule has 0 aliphatic heterocycles. The number of allylic oxidation sites excluding steroid dienone is 2. The van der Waals surface area contributed by atoms with Gasteiger partial charge in [-0.05, 0) is 65.3 Å². The van der Waals surface area contributed by atoms with Crippen LogP contribution in [0.5, 0.6) is 17.2 Å². The van der Waals surface area contributed by atoms with Crippen molar-refractivity contribution in [3.8, 4) is 17.2 Å². The molecular weight excluding hydrogens is 734 g/mol. The number of aliphatic hydroxyl groups excluding tert-OH is 2. The molecule has 14 heteroatoms. The summed E-state index contributed by atoms with van der Waals surface area (Å²) in [5.41, 5.74) is 1.89. The lowest BCUT2D eigenvalue weighted by atomic mass is 9.90. The molecule has 0 aliphatic carbocycles. The number of carbonyl (C=O) groups excluding carboxylic acids is 3. The van der Waals surface area contributed by atoms with Crippen LogP contribution in [0.1, 0.15) is 76.9 Å². The van der Waals surface area contributed by atoms with Gasteiger partial charge in [0.25, 0.3) is 5.91 Å². The maximum absolute atomic E-state index is 14.2. The largest absolute Gasteiger partial charge is 0.507 e. The Morgan fingerprint density at radius 3 is 2.28 bits per heavy atom. The van der Waals surface area contributed by atoms with Crippen LogP contribution < -0.4 is 10.1 Å². The molecule has 57 heavy (non-hydrogen) atoms. The predicted molar refractivity (Wildman–Crippen MR) is 217 cm³/mol. The van der Waals surface area contributed by atoms with Crippen molar-refractivity contribution in [2.45, 2.75) is 93.7 Å². The van der Waals surface area contributed by atoms with Gasteiger partial charge in [-0.3, -0.25) is 14.0 Å². The van der Waals surface area contributed by atoms with Crippen LogP contribution in [0.4, 0.5) is 5.69 Å². The summed E-state index contributed by atoms with van der Waals surface area (Å²) < 4.78 is 24.1. The Hall–Kier alpha value is -5.44. The summed E-state index contributed by atoms with van der Waals surface area (Å²) in [5.74, 6) is -3.83. The second-order valence-corrected chi connectivity index (χ2v) is 14.6. The van der Waals surface area contributed by atoms with Gasteiger partial charge in [-0.2, -0.15) is 0 Å². The fourth-order valence-electron chi connectivity index (χ4n) is 6.62. The highest BCUT2D eigenvalue weighted by atomic mass is 16.5. The molecule has 14 nitrogen and oxygen atoms in total. The van der Waals surface area contributed by atoms with E-state index in [1.807, 2.05) is 19.9 Å². The van der Waals surface area contributed by atoms with Crippen molar-refractivity contribution in [2.24, 2.45) is 17.8 Å². The monoisotopic (exact) mass is 789 g/mol. The van der Waals surface area contributed by atoms with Crippen molar-refractivity contribution >= 4 is 51.0 Å². The summed E-state index contributed by atoms with van der Waals surface area (Å²) in [6.07, 6.45) is 6.69. The first-order chi connectivity index (χ1) is 26.9. The maximum Gasteiger partial charge on any atom is 0.347 e. The first kappa shape index (κ1) is 44.3. The number of phenolic OH excluding ortho intramolecular Hbond substituents is 2. The number of methoxy groups -OCH3 is 1. The molecule has 5 N–H and O–H groups in total. The Morgan fingerprint density at radius 2 is 1.67 bits per heavy atom. The normalized spacial score (nSPS) is 16.1. The molecule has 0 radical (unpaired) electrons. The molecule has 7 atom stereocenters. The summed E-state index contributed by atoms with van der Waals surface area (Å²) in [7, 11) is 1.47. The van der Waals surface area contributed by atoms with Crippen LogP contribution in [-0.2, 0) is 23.8 Å². The van der Waals surface area contributed by atoms with Crippen LogP contribution in [0.15, 0.2) is 54.5 Å². The number of aryl methyl sites for hydroxylation is 1. The number of fused-ring (bicyclic) bond motifs is 5. The zero-order chi connectivity index (χ0) is 42.5. The molecular formula is C43H55N3O11. The van der Waals surface area contributed by atoms with Gasteiger partial charge in [-0.1, -0.05) is 39.0 Å². The molecule has 0 saturated heterocycles. The van der Waals surface area contributed by atoms with Gasteiger partial charge in [0.15, 0.2) is 5.75 Å². The predicted octanol–water partition coefficient (Wildman–Crippen LogP) is 6.80. The molecule has 2 aromatic carbocycles. The van der Waals surface area contributed by atoms with E-state index in [2.05, 4.69) is 5.32 Å². The smallest absolute Gasteiger partial charge is 0.347 e. The van der Waals surface area contributed by atoms with Gasteiger partial charge in [-0.25, -0.2) is 9.78 Å². The number of aromatic hydroxyl groups is 2. The van der Waals surface area contributed by atoms with E-state index in [1.54, 1.807) is 76.4 Å². The summed E-state index contributed by atoms with van der Waals surface area (Å²) >= 11 is 0. The lowest BCUT2D eigenvalue weighted by Crippen LogP contribution is -2.31. The minimum atomic E-state index is -0.892. The molecule has 308 valence electrons. The molecule has 4 rings (SSSR count). The number of amides is 1. The van der Waals surface area contributed by atoms with Crippen LogP contribution in [0, 0.1) is 31.6 Å². The number of aromatic nitrogens is 2. The lowest BCUT2D eigenvalue weighted by Gasteiger charge is -2.25. The van der Waals surface area contributed by atoms with Crippen molar-refractivity contribution < 1.29 is 53.8 Å². The Labute approximate surface area is 332 Å². The average molecular weight is 790 g/mol. The Balaban J connectivity index is 1.89. The molecule has 1 amide bonds. The number of carbonyl (C=O) groups is 3. The van der Waals surface area contributed by atoms with Crippen LogP contribution in [0.2, 0.25) is 0 Å². The molecule has 0 saturated carbocycles. The van der Waals surface area contributed by atoms with Crippen molar-refractivity contribution in [3.63, 3.8) is 0 Å². The molecule has 4 aromatic rings. The number of pyridine rings is 1. The Morgan fingerprint density at radius 1 is 0.982 bits per heavy atom. The minimum Gasteiger partial charge on any atom is -0.507 e. The third-order valence-corrected chi connectivity index (χ3v) is 10.4. The number of esters is 2. The first-order valence-corrected chi connectivity index (χ1v) is 18.9. The summed E-state index contributed by atoms with van der Waals surface area (Å²) in [6, 6.07) is 3.61. The SMILES string of the molecule is CCOc1c(C)c(O)c2c(O)c(NC(=O)/C(C)=C\C=C\[C@H](C)[C@H](O)[C@@H](C)[C@H](C)O)c3c(nc4cc(C)ccn43)c2c1C(=O)O/C=C/[C@H](OC)[C@@H](C)[C@H](C)OC(C)=O. The molecule has 0 bridgehead atoms. The quantitative estimate of drug-likeness (QED) is 0.0262. The number of hydrogen-bond donors (Lipinski definition) is 5. The molecule has 2 aromatic heterocycles. The van der Waals surface area contributed by atoms with Crippen molar-refractivity contribution in [2.75, 3.05) is 19.0 Å². The van der Waals surface area contributed by atoms with E-state index in [0.717, 1.165) is 11.8 Å². The van der Waals surface area contributed by atoms with E-state index in [4.69, 9.17) is 23.9 Å². The van der Waals surface area contributed by atoms with Crippen LogP contribution in [0.3, 0.4) is 0 Å². The molecule has 0 unspecified atom stereocenters. The zero-order valence-corrected chi connectivity index (χ0v) is 34.4. The fraction of sp³-hybridized carbons (Fsp3) is 0.442. The van der Waals surface area contributed by atoms with Gasteiger partial charge in [-0.15, -0.1) is 0 Å². The Kier molecular flexibility index (Phi) is 14.5. The molecule has 2 heterocycles. The number of anilines is 1. The maximum atomic E-state index is 14.2. The molecule has 0 spiro atoms. The highest BCUT2D eigenvalue weighted by Gasteiger charge is 2.32. The molecule has 0 aliphatic rings. The number of ether oxygens (including phenoxy) is 4. The standard InChI is InChI=1S/C43H55N3O11/c1-12-55-41-26(7)39(50)33-32(34(41)43(53)56-19-17-30(54-11)25(6)28(9)57-29(10)48)35-37(46-18-16-21(2)20-31(46)44-35)36(40(33)51)45-42(52)23(4)15-13-14-22(3)38(49)24(5)27(8)47/h13-20,22,24-25,27-28,30,38,47,49-51H,12H2,1-11H3,(H,45,52)/b14-13+,19-17+,23-15-/t22-,24-,25-,27-,28-,30-,38-/m0/s1. The average Bonchev–Trinajstić information content (AvgIpc) is 3.53. The first-order valence-electron chi connectivity index (χ1n) is 18.9. The van der Waals surface area contributed by atoms with E-state index < -0.39 is 53.8 Å². The minimum absolute atomic E-state index is 0.0134. The summed E-state index contributed by atoms with van der Waals surface area (Å²) in [5, 5.41) is 46.9. The van der Waals surface area contributed by atoms with Crippen LogP contribution in [-0.4, -0.2) is 85.8 Å². The van der Waals surface area contributed by atoms with E-state index in [9.17, 15) is 34.8 Å². The number of imidazole rings is 1. The van der Waals surface area contributed by atoms with Gasteiger partial charge in [0, 0.05) is 54.5 Å². The third-order valence-electron chi connectivity index (χ3n) is 10.4. The highest BCUT2D eigenvalue weighted by Crippen LogP contribution is 2.51. The van der Waals surface area contributed by atoms with E-state index in [1.165, 1.54) is 27.0 Å². The van der Waals surface area contributed by atoms with Crippen molar-refractivity contribution in [3.05, 3.63) is 71.2 Å². The van der Waals surface area contributed by atoms with Gasteiger partial charge in [0.05, 0.1) is 36.6 Å². The summed E-state index contributed by atoms with van der Waals surface area (Å²) in [6.45, 7) is 16.8. The van der Waals surface area contributed by atoms with Crippen molar-refractivity contribution in [1.29, 1.82) is 0 Å². The fourth-order valence-corrected chi connectivity index (χ4v) is 6.62. The highest BCUT2D eigenvalue weighted by molar-refractivity contribution is 6.26. The van der Waals surface area contributed by atoms with Gasteiger partial charge >= 0.3 is 11.9 Å². The van der Waals surface area contributed by atoms with Gasteiger partial charge in [0.2, 0.25) is 0 Å². The van der Waals surface area contributed by atoms with Gasteiger partial charge < -0.3 is 44.7 Å². The number of benzene rings is 2. The number of aliphatic hydroxyl groups is 2. The number of hydrogen-bond acceptors (Lipinski definition) is 12. The third kappa shape index (κ3) is 9.41. The van der Waals surface area contributed by atoms with E-state index in [-0.39, 0.29) is 74.3 Å². The second kappa shape index (κ2) is 18.7. The Bertz CT molecular complexity index is 2240.